The lowest BCUT2D eigenvalue weighted by atomic mass is 10.3. The standard InChI is InChI=1S/C16H18N2O6S2/c1-11(19)17-12-4-6-13(7-5-12)18-26(22,23)16-10-14(25(3,20)21)8-9-15(16)24-2/h4-10,18H,1-3H3,(H,17,19). The number of anilines is 2. The summed E-state index contributed by atoms with van der Waals surface area (Å²) < 4.78 is 56.1. The molecule has 0 saturated carbocycles. The van der Waals surface area contributed by atoms with Gasteiger partial charge >= 0.3 is 0 Å². The van der Waals surface area contributed by atoms with Crippen LogP contribution in [0.25, 0.3) is 0 Å². The second-order valence-corrected chi connectivity index (χ2v) is 9.12. The molecule has 2 rings (SSSR count). The van der Waals surface area contributed by atoms with Crippen LogP contribution in [0.3, 0.4) is 0 Å². The number of carbonyl (C=O) groups is 1. The van der Waals surface area contributed by atoms with Gasteiger partial charge in [0.05, 0.1) is 12.0 Å². The minimum absolute atomic E-state index is 0.0137. The molecule has 140 valence electrons. The van der Waals surface area contributed by atoms with Gasteiger partial charge in [0.15, 0.2) is 9.84 Å². The van der Waals surface area contributed by atoms with E-state index >= 15 is 0 Å². The van der Waals surface area contributed by atoms with Crippen molar-refractivity contribution in [3.05, 3.63) is 42.5 Å². The van der Waals surface area contributed by atoms with E-state index in [9.17, 15) is 21.6 Å². The molecule has 26 heavy (non-hydrogen) atoms. The summed E-state index contributed by atoms with van der Waals surface area (Å²) in [5, 5.41) is 2.57. The van der Waals surface area contributed by atoms with E-state index in [2.05, 4.69) is 10.0 Å². The zero-order valence-electron chi connectivity index (χ0n) is 14.3. The molecule has 10 heteroatoms. The van der Waals surface area contributed by atoms with Gasteiger partial charge in [0, 0.05) is 24.6 Å². The number of rotatable bonds is 6. The number of hydrogen-bond acceptors (Lipinski definition) is 6. The van der Waals surface area contributed by atoms with Crippen molar-refractivity contribution in [3.63, 3.8) is 0 Å². The van der Waals surface area contributed by atoms with Crippen LogP contribution < -0.4 is 14.8 Å². The van der Waals surface area contributed by atoms with Crippen LogP contribution in [0.15, 0.2) is 52.3 Å². The normalized spacial score (nSPS) is 11.7. The second-order valence-electron chi connectivity index (χ2n) is 5.45. The molecule has 1 amide bonds. The van der Waals surface area contributed by atoms with Gasteiger partial charge in [-0.15, -0.1) is 0 Å². The average molecular weight is 398 g/mol. The Bertz CT molecular complexity index is 1030. The van der Waals surface area contributed by atoms with Crippen molar-refractivity contribution in [2.24, 2.45) is 0 Å². The Kier molecular flexibility index (Phi) is 5.57. The van der Waals surface area contributed by atoms with Crippen LogP contribution in [0, 0.1) is 0 Å². The third-order valence-corrected chi connectivity index (χ3v) is 5.82. The third-order valence-electron chi connectivity index (χ3n) is 3.31. The van der Waals surface area contributed by atoms with E-state index in [0.717, 1.165) is 12.3 Å². The van der Waals surface area contributed by atoms with Crippen molar-refractivity contribution in [1.82, 2.24) is 0 Å². The fourth-order valence-electron chi connectivity index (χ4n) is 2.13. The molecule has 0 spiro atoms. The lowest BCUT2D eigenvalue weighted by molar-refractivity contribution is -0.114. The molecule has 2 aromatic rings. The summed E-state index contributed by atoms with van der Waals surface area (Å²) in [7, 11) is -6.40. The van der Waals surface area contributed by atoms with E-state index in [1.54, 1.807) is 0 Å². The first kappa shape index (κ1) is 19.7. The number of nitrogens with one attached hydrogen (secondary N) is 2. The highest BCUT2D eigenvalue weighted by atomic mass is 32.2. The van der Waals surface area contributed by atoms with Gasteiger partial charge in [-0.1, -0.05) is 0 Å². The number of amides is 1. The SMILES string of the molecule is COc1ccc(S(C)(=O)=O)cc1S(=O)(=O)Nc1ccc(NC(C)=O)cc1. The quantitative estimate of drug-likeness (QED) is 0.767. The lowest BCUT2D eigenvalue weighted by Crippen LogP contribution is -2.15. The van der Waals surface area contributed by atoms with Crippen molar-refractivity contribution >= 4 is 37.1 Å². The highest BCUT2D eigenvalue weighted by Crippen LogP contribution is 2.28. The number of methoxy groups -OCH3 is 1. The van der Waals surface area contributed by atoms with Crippen molar-refractivity contribution < 1.29 is 26.4 Å². The average Bonchev–Trinajstić information content (AvgIpc) is 2.54. The first-order chi connectivity index (χ1) is 12.0. The topological polar surface area (TPSA) is 119 Å². The predicted octanol–water partition coefficient (Wildman–Crippen LogP) is 1.86. The van der Waals surface area contributed by atoms with Crippen LogP contribution in [-0.2, 0) is 24.7 Å². The molecule has 0 radical (unpaired) electrons. The summed E-state index contributed by atoms with van der Waals surface area (Å²) in [6.07, 6.45) is 0.985. The number of sulfonamides is 1. The van der Waals surface area contributed by atoms with Gasteiger partial charge in [-0.3, -0.25) is 9.52 Å². The summed E-state index contributed by atoms with van der Waals surface area (Å²) in [6.45, 7) is 1.36. The molecule has 0 saturated heterocycles. The van der Waals surface area contributed by atoms with E-state index in [-0.39, 0.29) is 27.1 Å². The fourth-order valence-corrected chi connectivity index (χ4v) is 4.11. The Morgan fingerprint density at radius 1 is 0.962 bits per heavy atom. The van der Waals surface area contributed by atoms with Gasteiger partial charge in [-0.05, 0) is 42.5 Å². The number of carbonyl (C=O) groups excluding carboxylic acids is 1. The van der Waals surface area contributed by atoms with Crippen LogP contribution in [0.2, 0.25) is 0 Å². The van der Waals surface area contributed by atoms with E-state index < -0.39 is 19.9 Å². The maximum absolute atomic E-state index is 12.7. The molecule has 0 bridgehead atoms. The maximum Gasteiger partial charge on any atom is 0.265 e. The molecule has 8 nitrogen and oxygen atoms in total. The molecule has 2 N–H and O–H groups in total. The molecule has 0 atom stereocenters. The molecule has 0 aliphatic rings. The predicted molar refractivity (Wildman–Crippen MR) is 97.7 cm³/mol. The van der Waals surface area contributed by atoms with Crippen LogP contribution in [0.1, 0.15) is 6.92 Å². The van der Waals surface area contributed by atoms with Crippen molar-refractivity contribution in [1.29, 1.82) is 0 Å². The first-order valence-corrected chi connectivity index (χ1v) is 10.7. The third kappa shape index (κ3) is 4.73. The molecule has 0 aliphatic heterocycles. The Hall–Kier alpha value is -2.59. The van der Waals surface area contributed by atoms with Crippen molar-refractivity contribution in [2.75, 3.05) is 23.4 Å². The fraction of sp³-hybridized carbons (Fsp3) is 0.188. The summed E-state index contributed by atoms with van der Waals surface area (Å²) in [6, 6.07) is 9.60. The van der Waals surface area contributed by atoms with Crippen molar-refractivity contribution in [3.8, 4) is 5.75 Å². The second kappa shape index (κ2) is 7.34. The Morgan fingerprint density at radius 3 is 2.04 bits per heavy atom. The number of hydrogen-bond donors (Lipinski definition) is 2. The van der Waals surface area contributed by atoms with E-state index in [0.29, 0.717) is 5.69 Å². The lowest BCUT2D eigenvalue weighted by Gasteiger charge is -2.13. The van der Waals surface area contributed by atoms with E-state index in [4.69, 9.17) is 4.74 Å². The van der Waals surface area contributed by atoms with Gasteiger partial charge in [0.2, 0.25) is 5.91 Å². The van der Waals surface area contributed by atoms with Crippen LogP contribution in [0.5, 0.6) is 5.75 Å². The number of benzene rings is 2. The highest BCUT2D eigenvalue weighted by molar-refractivity contribution is 7.93. The molecule has 0 fully saturated rings. The number of sulfone groups is 1. The number of ether oxygens (including phenoxy) is 1. The summed E-state index contributed by atoms with van der Waals surface area (Å²) >= 11 is 0. The Morgan fingerprint density at radius 2 is 1.54 bits per heavy atom. The molecule has 0 aliphatic carbocycles. The highest BCUT2D eigenvalue weighted by Gasteiger charge is 2.22. The van der Waals surface area contributed by atoms with Crippen LogP contribution in [-0.4, -0.2) is 36.1 Å². The summed E-state index contributed by atoms with van der Waals surface area (Å²) in [5.74, 6) is -0.236. The molecular formula is C16H18N2O6S2. The monoisotopic (exact) mass is 398 g/mol. The molecule has 0 aromatic heterocycles. The van der Waals surface area contributed by atoms with Gasteiger partial charge < -0.3 is 10.1 Å². The minimum atomic E-state index is -4.10. The Labute approximate surface area is 152 Å². The minimum Gasteiger partial charge on any atom is -0.495 e. The van der Waals surface area contributed by atoms with Gasteiger partial charge in [-0.2, -0.15) is 0 Å². The molecule has 0 heterocycles. The van der Waals surface area contributed by atoms with E-state index in [1.807, 2.05) is 0 Å². The molecular weight excluding hydrogens is 380 g/mol. The first-order valence-electron chi connectivity index (χ1n) is 7.31. The van der Waals surface area contributed by atoms with Gasteiger partial charge in [0.1, 0.15) is 10.6 Å². The van der Waals surface area contributed by atoms with Crippen molar-refractivity contribution in [2.45, 2.75) is 16.7 Å². The maximum atomic E-state index is 12.7. The molecule has 2 aromatic carbocycles. The van der Waals surface area contributed by atoms with Gasteiger partial charge in [0.25, 0.3) is 10.0 Å². The zero-order chi connectivity index (χ0) is 19.5. The van der Waals surface area contributed by atoms with Crippen LogP contribution >= 0.6 is 0 Å². The molecule has 0 unspecified atom stereocenters. The summed E-state index contributed by atoms with van der Waals surface area (Å²) in [5.41, 5.74) is 0.753. The zero-order valence-corrected chi connectivity index (χ0v) is 15.9. The van der Waals surface area contributed by atoms with Crippen LogP contribution in [0.4, 0.5) is 11.4 Å². The van der Waals surface area contributed by atoms with Gasteiger partial charge in [-0.25, -0.2) is 16.8 Å². The Balaban J connectivity index is 2.39. The smallest absolute Gasteiger partial charge is 0.265 e. The van der Waals surface area contributed by atoms with E-state index in [1.165, 1.54) is 50.4 Å². The summed E-state index contributed by atoms with van der Waals surface area (Å²) in [4.78, 5) is 10.6. The largest absolute Gasteiger partial charge is 0.495 e.